The Morgan fingerprint density at radius 2 is 2.07 bits per heavy atom. The zero-order valence-corrected chi connectivity index (χ0v) is 11.2. The molecule has 0 spiro atoms. The molecule has 6 nitrogen and oxygen atoms in total. The van der Waals surface area contributed by atoms with E-state index in [1.54, 1.807) is 6.07 Å². The van der Waals surface area contributed by atoms with Gasteiger partial charge in [-0.15, -0.1) is 5.10 Å². The van der Waals surface area contributed by atoms with E-state index in [-0.39, 0.29) is 61.8 Å². The second-order valence-corrected chi connectivity index (χ2v) is 3.77. The normalized spacial score (nSPS) is 11.2. The predicted octanol–water partition coefficient (Wildman–Crippen LogP) is -3.13. The van der Waals surface area contributed by atoms with Crippen LogP contribution < -0.4 is 51.4 Å². The first-order valence-electron chi connectivity index (χ1n) is 3.35. The van der Waals surface area contributed by atoms with Crippen LogP contribution in [0.3, 0.4) is 0 Å². The van der Waals surface area contributed by atoms with Crippen LogP contribution in [-0.4, -0.2) is 28.4 Å². The summed E-state index contributed by atoms with van der Waals surface area (Å²) in [6.45, 7) is 0. The van der Waals surface area contributed by atoms with Crippen molar-refractivity contribution in [3.05, 3.63) is 18.2 Å². The van der Waals surface area contributed by atoms with Crippen LogP contribution in [0.4, 0.5) is 0 Å². The minimum Gasteiger partial charge on any atom is -0.744 e. The van der Waals surface area contributed by atoms with Gasteiger partial charge in [0.2, 0.25) is 0 Å². The quantitative estimate of drug-likeness (QED) is 0.417. The molecule has 2 aromatic rings. The van der Waals surface area contributed by atoms with Gasteiger partial charge in [0.05, 0.1) is 10.4 Å². The van der Waals surface area contributed by atoms with Gasteiger partial charge in [0.1, 0.15) is 15.6 Å². The van der Waals surface area contributed by atoms with E-state index in [4.69, 9.17) is 0 Å². The fraction of sp³-hybridized carbons (Fsp3) is 0. The Bertz CT molecular complexity index is 550. The fourth-order valence-corrected chi connectivity index (χ4v) is 1.68. The smallest absolute Gasteiger partial charge is 0.744 e. The Labute approximate surface area is 122 Å². The minimum atomic E-state index is -4.47. The summed E-state index contributed by atoms with van der Waals surface area (Å²) in [6.07, 6.45) is 0. The maximum Gasteiger partial charge on any atom is 1.00 e. The van der Waals surface area contributed by atoms with Crippen molar-refractivity contribution in [3.63, 3.8) is 0 Å². The van der Waals surface area contributed by atoms with Crippen molar-refractivity contribution in [2.24, 2.45) is 0 Å². The van der Waals surface area contributed by atoms with Gasteiger partial charge in [-0.1, -0.05) is 11.3 Å². The molecule has 14 heavy (non-hydrogen) atoms. The molecule has 0 aliphatic rings. The second kappa shape index (κ2) is 4.35. The molecule has 0 aliphatic heterocycles. The molecule has 0 saturated carbocycles. The average molecular weight is 237 g/mol. The zero-order valence-electron chi connectivity index (χ0n) is 7.26. The van der Waals surface area contributed by atoms with E-state index in [0.29, 0.717) is 5.52 Å². The van der Waals surface area contributed by atoms with Gasteiger partial charge in [-0.3, -0.25) is 5.10 Å². The van der Waals surface area contributed by atoms with Crippen molar-refractivity contribution in [1.82, 2.24) is 15.4 Å². The van der Waals surface area contributed by atoms with Crippen LogP contribution in [-0.2, 0) is 10.1 Å². The van der Waals surface area contributed by atoms with Crippen LogP contribution in [0.15, 0.2) is 23.1 Å². The molecule has 68 valence electrons. The number of hydrogen-bond donors (Lipinski definition) is 1. The first kappa shape index (κ1) is 12.2. The molecule has 1 aromatic carbocycles. The first-order chi connectivity index (χ1) is 6.09. The Kier molecular flexibility index (Phi) is 3.80. The number of aromatic amines is 1. The van der Waals surface area contributed by atoms with Gasteiger partial charge in [-0.25, -0.2) is 8.42 Å². The van der Waals surface area contributed by atoms with E-state index in [1.807, 2.05) is 0 Å². The van der Waals surface area contributed by atoms with Gasteiger partial charge >= 0.3 is 51.4 Å². The average Bonchev–Trinajstić information content (AvgIpc) is 2.48. The molecule has 0 atom stereocenters. The molecule has 1 N–H and O–H groups in total. The third kappa shape index (κ3) is 2.22. The van der Waals surface area contributed by atoms with Crippen molar-refractivity contribution in [2.75, 3.05) is 0 Å². The van der Waals surface area contributed by atoms with Crippen LogP contribution in [0.1, 0.15) is 0 Å². The minimum absolute atomic E-state index is 0. The number of fused-ring (bicyclic) bond motifs is 1. The van der Waals surface area contributed by atoms with Crippen LogP contribution >= 0.6 is 0 Å². The summed E-state index contributed by atoms with van der Waals surface area (Å²) in [4.78, 5) is -0.348. The summed E-state index contributed by atoms with van der Waals surface area (Å²) >= 11 is 0. The largest absolute Gasteiger partial charge is 1.00 e. The predicted molar refractivity (Wildman–Crippen MR) is 41.9 cm³/mol. The van der Waals surface area contributed by atoms with Gasteiger partial charge in [0, 0.05) is 0 Å². The van der Waals surface area contributed by atoms with Crippen molar-refractivity contribution in [1.29, 1.82) is 0 Å². The monoisotopic (exact) mass is 237 g/mol. The summed E-state index contributed by atoms with van der Waals surface area (Å²) in [6, 6.07) is 4.24. The van der Waals surface area contributed by atoms with E-state index >= 15 is 0 Å². The number of aromatic nitrogens is 3. The maximum atomic E-state index is 10.7. The summed E-state index contributed by atoms with van der Waals surface area (Å²) in [5.41, 5.74) is 0.509. The molecule has 0 bridgehead atoms. The number of nitrogens with one attached hydrogen (secondary N) is 1. The van der Waals surface area contributed by atoms with Gasteiger partial charge in [0.15, 0.2) is 0 Å². The maximum absolute atomic E-state index is 10.7. The van der Waals surface area contributed by atoms with E-state index in [2.05, 4.69) is 15.4 Å². The molecule has 8 heteroatoms. The van der Waals surface area contributed by atoms with Gasteiger partial charge in [0.25, 0.3) is 0 Å². The Morgan fingerprint density at radius 3 is 2.71 bits per heavy atom. The van der Waals surface area contributed by atoms with Gasteiger partial charge in [-0.05, 0) is 12.1 Å². The van der Waals surface area contributed by atoms with Crippen LogP contribution in [0.2, 0.25) is 0 Å². The van der Waals surface area contributed by atoms with E-state index in [0.717, 1.165) is 0 Å². The molecular weight excluding hydrogens is 233 g/mol. The van der Waals surface area contributed by atoms with E-state index < -0.39 is 10.1 Å². The standard InChI is InChI=1S/C6H5N3O3S.K/c10-13(11,12)5-3-1-2-4-6(5)8-9-7-4;/h1-3H,(H,7,8,9)(H,10,11,12);/q;+1/p-1. The molecule has 0 aliphatic carbocycles. The van der Waals surface area contributed by atoms with E-state index in [1.165, 1.54) is 12.1 Å². The second-order valence-electron chi connectivity index (χ2n) is 2.42. The van der Waals surface area contributed by atoms with Crippen molar-refractivity contribution in [3.8, 4) is 0 Å². The molecule has 2 rings (SSSR count). The number of hydrogen-bond acceptors (Lipinski definition) is 5. The van der Waals surface area contributed by atoms with Crippen LogP contribution in [0, 0.1) is 0 Å². The molecule has 1 heterocycles. The Balaban J connectivity index is 0.000000980. The summed E-state index contributed by atoms with van der Waals surface area (Å²) < 4.78 is 32.1. The summed E-state index contributed by atoms with van der Waals surface area (Å²) in [5, 5.41) is 9.37. The topological polar surface area (TPSA) is 98.8 Å². The summed E-state index contributed by atoms with van der Waals surface area (Å²) in [7, 11) is -4.47. The first-order valence-corrected chi connectivity index (χ1v) is 4.75. The number of nitrogens with zero attached hydrogens (tertiary/aromatic N) is 2. The van der Waals surface area contributed by atoms with E-state index in [9.17, 15) is 13.0 Å². The van der Waals surface area contributed by atoms with Crippen molar-refractivity contribution < 1.29 is 64.4 Å². The van der Waals surface area contributed by atoms with Crippen molar-refractivity contribution >= 4 is 21.2 Å². The van der Waals surface area contributed by atoms with Gasteiger partial charge in [-0.2, -0.15) is 0 Å². The van der Waals surface area contributed by atoms with Crippen LogP contribution in [0.25, 0.3) is 11.0 Å². The third-order valence-corrected chi connectivity index (χ3v) is 2.46. The third-order valence-electron chi connectivity index (χ3n) is 1.59. The molecule has 0 unspecified atom stereocenters. The molecular formula is C6H4KN3O3S. The van der Waals surface area contributed by atoms with Crippen molar-refractivity contribution in [2.45, 2.75) is 4.90 Å². The Morgan fingerprint density at radius 1 is 1.36 bits per heavy atom. The molecule has 0 fully saturated rings. The number of benzene rings is 1. The number of rotatable bonds is 1. The number of H-pyrrole nitrogens is 1. The van der Waals surface area contributed by atoms with Gasteiger partial charge < -0.3 is 4.55 Å². The zero-order chi connectivity index (χ0) is 9.47. The fourth-order valence-electron chi connectivity index (χ4n) is 1.05. The molecule has 0 saturated heterocycles. The molecule has 0 amide bonds. The summed E-state index contributed by atoms with van der Waals surface area (Å²) in [5.74, 6) is 0. The molecule has 1 aromatic heterocycles. The van der Waals surface area contributed by atoms with Crippen LogP contribution in [0.5, 0.6) is 0 Å². The molecule has 0 radical (unpaired) electrons. The SMILES string of the molecule is O=S(=O)([O-])c1cccc2[nH]nnc12.[K+]. The Hall–Kier alpha value is 0.166.